The van der Waals surface area contributed by atoms with Crippen LogP contribution in [0.25, 0.3) is 0 Å². The molecule has 0 aliphatic rings. The average Bonchev–Trinajstić information content (AvgIpc) is 2.22. The lowest BCUT2D eigenvalue weighted by atomic mass is 10.5. The summed E-state index contributed by atoms with van der Waals surface area (Å²) in [5.41, 5.74) is 0. The number of ether oxygens (including phenoxy) is 2. The van der Waals surface area contributed by atoms with E-state index < -0.39 is 17.8 Å². The first-order valence-corrected chi connectivity index (χ1v) is 3.73. The number of rotatable bonds is 4. The average molecular weight is 201 g/mol. The number of hydrogen-bond donors (Lipinski definition) is 1. The van der Waals surface area contributed by atoms with Gasteiger partial charge in [-0.25, -0.2) is 9.59 Å². The van der Waals surface area contributed by atoms with E-state index in [-0.39, 0.29) is 6.61 Å². The molecule has 0 aromatic rings. The Balaban J connectivity index is 3.81. The van der Waals surface area contributed by atoms with Gasteiger partial charge in [0.1, 0.15) is 0 Å². The smallest absolute Gasteiger partial charge is 0.331 e. The summed E-state index contributed by atoms with van der Waals surface area (Å²) in [6, 6.07) is 0. The van der Waals surface area contributed by atoms with Crippen LogP contribution in [0.4, 0.5) is 0 Å². The molecule has 0 fully saturated rings. The van der Waals surface area contributed by atoms with Gasteiger partial charge in [0.25, 0.3) is 5.91 Å². The lowest BCUT2D eigenvalue weighted by Crippen LogP contribution is -2.24. The van der Waals surface area contributed by atoms with Crippen molar-refractivity contribution in [1.29, 1.82) is 0 Å². The van der Waals surface area contributed by atoms with Gasteiger partial charge < -0.3 is 14.8 Å². The van der Waals surface area contributed by atoms with Crippen molar-refractivity contribution in [2.75, 3.05) is 20.8 Å². The molecule has 0 aromatic heterocycles. The molecule has 0 unspecified atom stereocenters. The largest absolute Gasteiger partial charge is 0.466 e. The summed E-state index contributed by atoms with van der Waals surface area (Å²) in [7, 11) is 2.60. The van der Waals surface area contributed by atoms with Gasteiger partial charge in [0.15, 0.2) is 6.61 Å². The number of nitrogens with one attached hydrogen (secondary N) is 1. The van der Waals surface area contributed by atoms with E-state index in [1.807, 2.05) is 0 Å². The predicted octanol–water partition coefficient (Wildman–Crippen LogP) is -0.995. The number of carbonyl (C=O) groups is 3. The standard InChI is InChI=1S/C8H11NO5/c1-9-6(10)5-14-8(12)4-3-7(11)13-2/h3-4H,5H2,1-2H3,(H,9,10)/b4-3+. The Morgan fingerprint density at radius 1 is 1.21 bits per heavy atom. The Kier molecular flexibility index (Phi) is 5.77. The highest BCUT2D eigenvalue weighted by molar-refractivity contribution is 5.92. The van der Waals surface area contributed by atoms with Gasteiger partial charge in [-0.2, -0.15) is 0 Å². The van der Waals surface area contributed by atoms with Crippen molar-refractivity contribution in [3.8, 4) is 0 Å². The number of carbonyl (C=O) groups excluding carboxylic acids is 3. The molecule has 0 aliphatic carbocycles. The summed E-state index contributed by atoms with van der Waals surface area (Å²) in [5, 5.41) is 2.26. The van der Waals surface area contributed by atoms with Crippen LogP contribution in [-0.4, -0.2) is 38.6 Å². The molecule has 0 atom stereocenters. The molecule has 1 N–H and O–H groups in total. The molecular weight excluding hydrogens is 190 g/mol. The number of amides is 1. The second-order valence-electron chi connectivity index (χ2n) is 2.14. The maximum absolute atomic E-state index is 10.8. The van der Waals surface area contributed by atoms with Crippen LogP contribution in [0.1, 0.15) is 0 Å². The van der Waals surface area contributed by atoms with Crippen molar-refractivity contribution in [2.45, 2.75) is 0 Å². The summed E-state index contributed by atoms with van der Waals surface area (Å²) < 4.78 is 8.68. The SMILES string of the molecule is CNC(=O)COC(=O)/C=C/C(=O)OC. The second kappa shape index (κ2) is 6.64. The molecule has 0 spiro atoms. The fraction of sp³-hybridized carbons (Fsp3) is 0.375. The van der Waals surface area contributed by atoms with Crippen LogP contribution in [0.5, 0.6) is 0 Å². The van der Waals surface area contributed by atoms with Crippen LogP contribution in [0.2, 0.25) is 0 Å². The van der Waals surface area contributed by atoms with Crippen LogP contribution in [-0.2, 0) is 23.9 Å². The molecule has 0 bridgehead atoms. The molecule has 0 saturated heterocycles. The van der Waals surface area contributed by atoms with Crippen molar-refractivity contribution >= 4 is 17.8 Å². The van der Waals surface area contributed by atoms with Crippen LogP contribution in [0.3, 0.4) is 0 Å². The third kappa shape index (κ3) is 5.76. The third-order valence-electron chi connectivity index (χ3n) is 1.18. The van der Waals surface area contributed by atoms with Gasteiger partial charge in [0.2, 0.25) is 0 Å². The predicted molar refractivity (Wildman–Crippen MR) is 46.2 cm³/mol. The Morgan fingerprint density at radius 2 is 1.79 bits per heavy atom. The minimum Gasteiger partial charge on any atom is -0.466 e. The molecule has 78 valence electrons. The zero-order chi connectivity index (χ0) is 11.0. The lowest BCUT2D eigenvalue weighted by molar-refractivity contribution is -0.144. The van der Waals surface area contributed by atoms with Crippen molar-refractivity contribution < 1.29 is 23.9 Å². The first-order chi connectivity index (χ1) is 6.60. The minimum atomic E-state index is -0.779. The molecule has 0 radical (unpaired) electrons. The van der Waals surface area contributed by atoms with E-state index in [1.54, 1.807) is 0 Å². The Bertz CT molecular complexity index is 258. The number of esters is 2. The fourth-order valence-electron chi connectivity index (χ4n) is 0.461. The fourth-order valence-corrected chi connectivity index (χ4v) is 0.461. The molecule has 0 aromatic carbocycles. The lowest BCUT2D eigenvalue weighted by Gasteiger charge is -1.99. The first kappa shape index (κ1) is 12.2. The maximum Gasteiger partial charge on any atom is 0.331 e. The normalized spacial score (nSPS) is 9.57. The zero-order valence-corrected chi connectivity index (χ0v) is 7.90. The summed E-state index contributed by atoms with van der Waals surface area (Å²) in [4.78, 5) is 31.9. The molecule has 6 heteroatoms. The van der Waals surface area contributed by atoms with E-state index in [2.05, 4.69) is 14.8 Å². The third-order valence-corrected chi connectivity index (χ3v) is 1.18. The van der Waals surface area contributed by atoms with Crippen molar-refractivity contribution in [3.63, 3.8) is 0 Å². The molecular formula is C8H11NO5. The van der Waals surface area contributed by atoms with E-state index in [1.165, 1.54) is 14.2 Å². The quantitative estimate of drug-likeness (QED) is 0.466. The summed E-state index contributed by atoms with van der Waals surface area (Å²) in [6.07, 6.45) is 1.79. The van der Waals surface area contributed by atoms with E-state index in [0.717, 1.165) is 12.2 Å². The number of methoxy groups -OCH3 is 1. The van der Waals surface area contributed by atoms with Crippen molar-refractivity contribution in [1.82, 2.24) is 5.32 Å². The summed E-state index contributed by atoms with van der Waals surface area (Å²) >= 11 is 0. The van der Waals surface area contributed by atoms with Crippen molar-refractivity contribution in [2.24, 2.45) is 0 Å². The first-order valence-electron chi connectivity index (χ1n) is 3.73. The second-order valence-corrected chi connectivity index (χ2v) is 2.14. The van der Waals surface area contributed by atoms with Gasteiger partial charge >= 0.3 is 11.9 Å². The van der Waals surface area contributed by atoms with Gasteiger partial charge in [0, 0.05) is 19.2 Å². The van der Waals surface area contributed by atoms with Gasteiger partial charge in [-0.1, -0.05) is 0 Å². The molecule has 6 nitrogen and oxygen atoms in total. The van der Waals surface area contributed by atoms with E-state index >= 15 is 0 Å². The number of hydrogen-bond acceptors (Lipinski definition) is 5. The summed E-state index contributed by atoms with van der Waals surface area (Å²) in [5.74, 6) is -1.87. The van der Waals surface area contributed by atoms with E-state index in [4.69, 9.17) is 0 Å². The topological polar surface area (TPSA) is 81.7 Å². The Hall–Kier alpha value is -1.85. The highest BCUT2D eigenvalue weighted by Gasteiger charge is 2.02. The van der Waals surface area contributed by atoms with Crippen LogP contribution in [0.15, 0.2) is 12.2 Å². The van der Waals surface area contributed by atoms with Crippen LogP contribution >= 0.6 is 0 Å². The molecule has 0 heterocycles. The van der Waals surface area contributed by atoms with Gasteiger partial charge in [-0.15, -0.1) is 0 Å². The Morgan fingerprint density at radius 3 is 2.29 bits per heavy atom. The van der Waals surface area contributed by atoms with E-state index in [0.29, 0.717) is 0 Å². The van der Waals surface area contributed by atoms with Crippen molar-refractivity contribution in [3.05, 3.63) is 12.2 Å². The van der Waals surface area contributed by atoms with E-state index in [9.17, 15) is 14.4 Å². The highest BCUT2D eigenvalue weighted by atomic mass is 16.5. The maximum atomic E-state index is 10.8. The van der Waals surface area contributed by atoms with Crippen LogP contribution in [0, 0.1) is 0 Å². The minimum absolute atomic E-state index is 0.374. The zero-order valence-electron chi connectivity index (χ0n) is 7.90. The highest BCUT2D eigenvalue weighted by Crippen LogP contribution is 1.83. The summed E-state index contributed by atoms with van der Waals surface area (Å²) in [6.45, 7) is -0.374. The monoisotopic (exact) mass is 201 g/mol. The van der Waals surface area contributed by atoms with Gasteiger partial charge in [-0.3, -0.25) is 4.79 Å². The molecule has 14 heavy (non-hydrogen) atoms. The number of likely N-dealkylation sites (N-methyl/N-ethyl adjacent to an activating group) is 1. The van der Waals surface area contributed by atoms with Crippen LogP contribution < -0.4 is 5.32 Å². The Labute approximate surface area is 80.9 Å². The molecule has 0 aliphatic heterocycles. The molecule has 0 rings (SSSR count). The molecule has 0 saturated carbocycles. The van der Waals surface area contributed by atoms with Gasteiger partial charge in [0.05, 0.1) is 7.11 Å². The molecule has 1 amide bonds. The van der Waals surface area contributed by atoms with Gasteiger partial charge in [-0.05, 0) is 0 Å².